The van der Waals surface area contributed by atoms with Gasteiger partial charge in [-0.15, -0.1) is 0 Å². The highest BCUT2D eigenvalue weighted by Gasteiger charge is 2.50. The number of ether oxygens (including phenoxy) is 7. The fourth-order valence-electron chi connectivity index (χ4n) is 4.51. The van der Waals surface area contributed by atoms with Crippen LogP contribution in [0.1, 0.15) is 34.6 Å². The Morgan fingerprint density at radius 3 is 1.82 bits per heavy atom. The second-order valence-corrected chi connectivity index (χ2v) is 15.8. The molecule has 2 fully saturated rings. The zero-order valence-electron chi connectivity index (χ0n) is 22.9. The van der Waals surface area contributed by atoms with Gasteiger partial charge in [0.15, 0.2) is 20.9 Å². The van der Waals surface area contributed by atoms with E-state index in [0.29, 0.717) is 6.61 Å². The van der Waals surface area contributed by atoms with Crippen molar-refractivity contribution in [2.75, 3.05) is 41.7 Å². The van der Waals surface area contributed by atoms with Gasteiger partial charge >= 0.3 is 0 Å². The van der Waals surface area contributed by atoms with Gasteiger partial charge in [0.25, 0.3) is 0 Å². The molecule has 1 N–H and O–H groups in total. The summed E-state index contributed by atoms with van der Waals surface area (Å²) in [5, 5.41) is 11.3. The molecule has 0 saturated carbocycles. The molecule has 0 spiro atoms. The van der Waals surface area contributed by atoms with E-state index in [4.69, 9.17) is 37.6 Å². The Kier molecular flexibility index (Phi) is 11.0. The maximum Gasteiger partial charge on any atom is 0.192 e. The smallest absolute Gasteiger partial charge is 0.192 e. The van der Waals surface area contributed by atoms with Crippen molar-refractivity contribution in [2.45, 2.75) is 102 Å². The van der Waals surface area contributed by atoms with Crippen LogP contribution in [0, 0.1) is 11.8 Å². The Bertz CT molecular complexity index is 614. The van der Waals surface area contributed by atoms with Crippen LogP contribution in [0.15, 0.2) is 0 Å². The van der Waals surface area contributed by atoms with E-state index < -0.39 is 39.2 Å². The molecule has 0 amide bonds. The van der Waals surface area contributed by atoms with E-state index in [2.05, 4.69) is 33.9 Å². The second kappa shape index (κ2) is 12.4. The Balaban J connectivity index is 2.15. The van der Waals surface area contributed by atoms with Crippen molar-refractivity contribution in [3.63, 3.8) is 0 Å². The van der Waals surface area contributed by atoms with E-state index in [1.54, 1.807) is 28.4 Å². The maximum absolute atomic E-state index is 11.3. The molecule has 9 nitrogen and oxygen atoms in total. The predicted octanol–water partition coefficient (Wildman–Crippen LogP) is 2.80. The van der Waals surface area contributed by atoms with E-state index in [0.717, 1.165) is 0 Å². The summed E-state index contributed by atoms with van der Waals surface area (Å²) in [6.45, 7) is 15.4. The lowest BCUT2D eigenvalue weighted by atomic mass is 9.91. The molecule has 2 saturated heterocycles. The van der Waals surface area contributed by atoms with Gasteiger partial charge in [-0.1, -0.05) is 34.6 Å². The Morgan fingerprint density at radius 1 is 0.765 bits per heavy atom. The average Bonchev–Trinajstić information content (AvgIpc) is 2.76. The van der Waals surface area contributed by atoms with Crippen LogP contribution in [-0.2, 0) is 37.6 Å². The average molecular weight is 509 g/mol. The Hall–Kier alpha value is -0.143. The van der Waals surface area contributed by atoms with E-state index in [9.17, 15) is 5.11 Å². The summed E-state index contributed by atoms with van der Waals surface area (Å²) in [5.74, 6) is -0.248. The summed E-state index contributed by atoms with van der Waals surface area (Å²) in [4.78, 5) is 0. The van der Waals surface area contributed by atoms with Gasteiger partial charge in [-0.3, -0.25) is 0 Å². The first-order valence-corrected chi connectivity index (χ1v) is 15.1. The summed E-state index contributed by atoms with van der Waals surface area (Å²) < 4.78 is 47.4. The third-order valence-corrected chi connectivity index (χ3v) is 12.2. The summed E-state index contributed by atoms with van der Waals surface area (Å²) in [6, 6.07) is 0. The van der Waals surface area contributed by atoms with Gasteiger partial charge in [0.1, 0.15) is 24.4 Å². The lowest BCUT2D eigenvalue weighted by Crippen LogP contribution is -2.61. The molecule has 0 aliphatic carbocycles. The van der Waals surface area contributed by atoms with Crippen LogP contribution in [0.5, 0.6) is 0 Å². The first kappa shape index (κ1) is 30.1. The van der Waals surface area contributed by atoms with Crippen LogP contribution in [0.25, 0.3) is 0 Å². The molecule has 2 heterocycles. The highest BCUT2D eigenvalue weighted by Crippen LogP contribution is 2.41. The van der Waals surface area contributed by atoms with E-state index in [1.807, 2.05) is 13.8 Å². The van der Waals surface area contributed by atoms with Crippen LogP contribution in [0.4, 0.5) is 0 Å². The third-order valence-electron chi connectivity index (χ3n) is 7.69. The SMILES string of the molecule is COCC1O[C@@H](OCC2O[C@@H](OC)C(C)[C@@H](O[Si](C)(C)C(C)(C)C)[C@H]2O)C(C)[C@@H](OC)[C@H]1OC. The molecule has 2 aliphatic heterocycles. The van der Waals surface area contributed by atoms with E-state index in [1.165, 1.54) is 0 Å². The molecule has 10 heteroatoms. The number of aliphatic hydroxyl groups excluding tert-OH is 1. The van der Waals surface area contributed by atoms with Gasteiger partial charge in [-0.05, 0) is 18.1 Å². The standard InChI is InChI=1S/C24H48O9Si/c1-14-19(33-34(10,11)24(3,4)5)18(25)16(31-22(14)29-9)13-30-23-15(2)20(27-7)21(28-8)17(32-23)12-26-6/h14-23,25H,12-13H2,1-11H3/t14?,15?,16?,17?,18-,19+,20+,21-,22+,23+/m0/s1. The largest absolute Gasteiger partial charge is 0.411 e. The zero-order chi connectivity index (χ0) is 25.8. The van der Waals surface area contributed by atoms with Crippen LogP contribution in [-0.4, -0.2) is 104 Å². The predicted molar refractivity (Wildman–Crippen MR) is 130 cm³/mol. The lowest BCUT2D eigenvalue weighted by Gasteiger charge is -2.48. The molecule has 0 aromatic heterocycles. The van der Waals surface area contributed by atoms with Crippen LogP contribution in [0.2, 0.25) is 18.1 Å². The lowest BCUT2D eigenvalue weighted by molar-refractivity contribution is -0.315. The molecule has 2 rings (SSSR count). The molecule has 202 valence electrons. The van der Waals surface area contributed by atoms with Crippen molar-refractivity contribution in [3.8, 4) is 0 Å². The topological polar surface area (TPSA) is 94.1 Å². The first-order valence-electron chi connectivity index (χ1n) is 12.2. The fourth-order valence-corrected chi connectivity index (χ4v) is 5.90. The van der Waals surface area contributed by atoms with Gasteiger partial charge in [0, 0.05) is 40.3 Å². The minimum Gasteiger partial charge on any atom is -0.411 e. The van der Waals surface area contributed by atoms with Crippen molar-refractivity contribution in [2.24, 2.45) is 11.8 Å². The minimum atomic E-state index is -2.14. The van der Waals surface area contributed by atoms with Gasteiger partial charge < -0.3 is 42.7 Å². The van der Waals surface area contributed by atoms with E-state index in [-0.39, 0.29) is 41.8 Å². The van der Waals surface area contributed by atoms with Crippen LogP contribution >= 0.6 is 0 Å². The second-order valence-electron chi connectivity index (χ2n) is 11.1. The molecule has 0 aromatic carbocycles. The zero-order valence-corrected chi connectivity index (χ0v) is 23.9. The van der Waals surface area contributed by atoms with Crippen molar-refractivity contribution in [1.82, 2.24) is 0 Å². The summed E-state index contributed by atoms with van der Waals surface area (Å²) in [6.07, 6.45) is -3.87. The molecule has 10 atom stereocenters. The summed E-state index contributed by atoms with van der Waals surface area (Å²) in [7, 11) is 4.38. The van der Waals surface area contributed by atoms with Crippen molar-refractivity contribution in [1.29, 1.82) is 0 Å². The number of methoxy groups -OCH3 is 4. The molecule has 4 unspecified atom stereocenters. The molecule has 34 heavy (non-hydrogen) atoms. The molecule has 0 aromatic rings. The number of hydrogen-bond donors (Lipinski definition) is 1. The van der Waals surface area contributed by atoms with Crippen LogP contribution < -0.4 is 0 Å². The molecular weight excluding hydrogens is 460 g/mol. The molecule has 0 bridgehead atoms. The highest BCUT2D eigenvalue weighted by atomic mass is 28.4. The van der Waals surface area contributed by atoms with Gasteiger partial charge in [0.05, 0.1) is 25.4 Å². The Labute approximate surface area is 206 Å². The van der Waals surface area contributed by atoms with Crippen molar-refractivity contribution in [3.05, 3.63) is 0 Å². The minimum absolute atomic E-state index is 0.00803. The van der Waals surface area contributed by atoms with Gasteiger partial charge in [0.2, 0.25) is 0 Å². The fraction of sp³-hybridized carbons (Fsp3) is 1.00. The van der Waals surface area contributed by atoms with E-state index >= 15 is 0 Å². The van der Waals surface area contributed by atoms with Crippen LogP contribution in [0.3, 0.4) is 0 Å². The Morgan fingerprint density at radius 2 is 1.32 bits per heavy atom. The van der Waals surface area contributed by atoms with Crippen molar-refractivity contribution < 1.29 is 42.7 Å². The summed E-state index contributed by atoms with van der Waals surface area (Å²) >= 11 is 0. The number of hydrogen-bond acceptors (Lipinski definition) is 9. The molecule has 2 aliphatic rings. The molecular formula is C24H48O9Si. The first-order chi connectivity index (χ1) is 15.8. The number of aliphatic hydroxyl groups is 1. The van der Waals surface area contributed by atoms with Gasteiger partial charge in [-0.25, -0.2) is 0 Å². The monoisotopic (exact) mass is 508 g/mol. The highest BCUT2D eigenvalue weighted by molar-refractivity contribution is 6.74. The summed E-state index contributed by atoms with van der Waals surface area (Å²) in [5.41, 5.74) is 0. The molecule has 0 radical (unpaired) electrons. The maximum atomic E-state index is 11.3. The number of rotatable bonds is 10. The quantitative estimate of drug-likeness (QED) is 0.447. The normalized spacial score (nSPS) is 39.9. The van der Waals surface area contributed by atoms with Crippen molar-refractivity contribution >= 4 is 8.32 Å². The third kappa shape index (κ3) is 6.59. The van der Waals surface area contributed by atoms with Gasteiger partial charge in [-0.2, -0.15) is 0 Å².